The Balaban J connectivity index is 3.11. The van der Waals surface area contributed by atoms with Crippen molar-refractivity contribution in [1.29, 1.82) is 0 Å². The summed E-state index contributed by atoms with van der Waals surface area (Å²) < 4.78 is 0. The monoisotopic (exact) mass is 248 g/mol. The van der Waals surface area contributed by atoms with E-state index in [0.717, 1.165) is 11.3 Å². The zero-order valence-corrected chi connectivity index (χ0v) is 12.5. The number of hydrogen-bond donors (Lipinski definition) is 1. The third kappa shape index (κ3) is 4.13. The lowest BCUT2D eigenvalue weighted by Crippen LogP contribution is -2.41. The molecule has 0 spiro atoms. The molecule has 0 saturated carbocycles. The van der Waals surface area contributed by atoms with E-state index in [0.29, 0.717) is 5.69 Å². The molecule has 0 radical (unpaired) electrons. The van der Waals surface area contributed by atoms with Crippen LogP contribution in [0.4, 0.5) is 0 Å². The largest absolute Gasteiger partial charge is 0.346 e. The Morgan fingerprint density at radius 3 is 2.11 bits per heavy atom. The first-order valence-corrected chi connectivity index (χ1v) is 6.31. The van der Waals surface area contributed by atoms with Gasteiger partial charge in [-0.15, -0.1) is 0 Å². The Labute approximate surface area is 110 Å². The summed E-state index contributed by atoms with van der Waals surface area (Å²) in [5, 5.41) is 2.94. The second-order valence-electron chi connectivity index (χ2n) is 6.87. The molecule has 0 aliphatic heterocycles. The highest BCUT2D eigenvalue weighted by Crippen LogP contribution is 2.21. The van der Waals surface area contributed by atoms with Crippen molar-refractivity contribution in [2.24, 2.45) is 0 Å². The number of hydrogen-bond acceptors (Lipinski definition) is 2. The number of rotatable bonds is 1. The Bertz CT molecular complexity index is 451. The smallest absolute Gasteiger partial charge is 0.270 e. The summed E-state index contributed by atoms with van der Waals surface area (Å²) in [6.45, 7) is 14.2. The molecular weight excluding hydrogens is 224 g/mol. The van der Waals surface area contributed by atoms with Crippen LogP contribution < -0.4 is 5.32 Å². The lowest BCUT2D eigenvalue weighted by Gasteiger charge is -2.22. The van der Waals surface area contributed by atoms with E-state index < -0.39 is 0 Å². The standard InChI is InChI=1S/C15H24N2O/c1-10-8-11(13(18)17-15(5,6)7)16-12(9-10)14(2,3)4/h8-9H,1-7H3,(H,17,18). The van der Waals surface area contributed by atoms with Crippen LogP contribution in [0, 0.1) is 6.92 Å². The van der Waals surface area contributed by atoms with E-state index in [-0.39, 0.29) is 16.9 Å². The van der Waals surface area contributed by atoms with Crippen molar-refractivity contribution < 1.29 is 4.79 Å². The minimum absolute atomic E-state index is 0.0528. The van der Waals surface area contributed by atoms with Gasteiger partial charge in [0.1, 0.15) is 5.69 Å². The van der Waals surface area contributed by atoms with E-state index >= 15 is 0 Å². The molecule has 1 rings (SSSR count). The molecule has 0 unspecified atom stereocenters. The summed E-state index contributed by atoms with van der Waals surface area (Å²) >= 11 is 0. The van der Waals surface area contributed by atoms with Gasteiger partial charge in [0.2, 0.25) is 0 Å². The van der Waals surface area contributed by atoms with Crippen LogP contribution in [0.25, 0.3) is 0 Å². The predicted octanol–water partition coefficient (Wildman–Crippen LogP) is 3.22. The molecule has 1 aromatic heterocycles. The maximum absolute atomic E-state index is 12.1. The van der Waals surface area contributed by atoms with Crippen molar-refractivity contribution in [3.8, 4) is 0 Å². The number of carbonyl (C=O) groups excluding carboxylic acids is 1. The highest BCUT2D eigenvalue weighted by molar-refractivity contribution is 5.93. The number of amides is 1. The topological polar surface area (TPSA) is 42.0 Å². The molecule has 1 amide bonds. The van der Waals surface area contributed by atoms with Gasteiger partial charge in [0.15, 0.2) is 0 Å². The van der Waals surface area contributed by atoms with Gasteiger partial charge in [0.05, 0.1) is 0 Å². The van der Waals surface area contributed by atoms with Crippen LogP contribution in [0.5, 0.6) is 0 Å². The minimum Gasteiger partial charge on any atom is -0.346 e. The molecule has 0 fully saturated rings. The fourth-order valence-electron chi connectivity index (χ4n) is 1.57. The first-order chi connectivity index (χ1) is 7.99. The average molecular weight is 248 g/mol. The van der Waals surface area contributed by atoms with Gasteiger partial charge in [-0.05, 0) is 45.4 Å². The van der Waals surface area contributed by atoms with Gasteiger partial charge >= 0.3 is 0 Å². The molecule has 100 valence electrons. The number of aryl methyl sites for hydroxylation is 1. The van der Waals surface area contributed by atoms with Crippen LogP contribution in [0.1, 0.15) is 63.3 Å². The molecule has 3 heteroatoms. The van der Waals surface area contributed by atoms with Gasteiger partial charge in [-0.3, -0.25) is 4.79 Å². The van der Waals surface area contributed by atoms with Crippen molar-refractivity contribution in [2.75, 3.05) is 0 Å². The Morgan fingerprint density at radius 1 is 1.11 bits per heavy atom. The maximum atomic E-state index is 12.1. The summed E-state index contributed by atoms with van der Waals surface area (Å²) in [5.74, 6) is -0.114. The van der Waals surface area contributed by atoms with Crippen LogP contribution in [-0.2, 0) is 5.41 Å². The van der Waals surface area contributed by atoms with Gasteiger partial charge in [0.25, 0.3) is 5.91 Å². The van der Waals surface area contributed by atoms with Gasteiger partial charge in [-0.2, -0.15) is 0 Å². The molecule has 0 aromatic carbocycles. The Kier molecular flexibility index (Phi) is 3.84. The summed E-state index contributed by atoms with van der Waals surface area (Å²) in [4.78, 5) is 16.6. The number of aromatic nitrogens is 1. The number of nitrogens with zero attached hydrogens (tertiary/aromatic N) is 1. The third-order valence-electron chi connectivity index (χ3n) is 2.46. The molecule has 3 nitrogen and oxygen atoms in total. The molecule has 1 N–H and O–H groups in total. The Hall–Kier alpha value is -1.38. The second-order valence-corrected chi connectivity index (χ2v) is 6.87. The van der Waals surface area contributed by atoms with E-state index in [1.807, 2.05) is 39.8 Å². The fraction of sp³-hybridized carbons (Fsp3) is 0.600. The number of nitrogens with one attached hydrogen (secondary N) is 1. The van der Waals surface area contributed by atoms with E-state index in [2.05, 4.69) is 31.1 Å². The first-order valence-electron chi connectivity index (χ1n) is 6.31. The second kappa shape index (κ2) is 4.71. The zero-order valence-electron chi connectivity index (χ0n) is 12.5. The molecular formula is C15H24N2O. The molecule has 0 aliphatic rings. The summed E-state index contributed by atoms with van der Waals surface area (Å²) in [6.07, 6.45) is 0. The van der Waals surface area contributed by atoms with E-state index in [4.69, 9.17) is 0 Å². The third-order valence-corrected chi connectivity index (χ3v) is 2.46. The SMILES string of the molecule is Cc1cc(C(=O)NC(C)(C)C)nc(C(C)(C)C)c1. The molecule has 0 bridgehead atoms. The fourth-order valence-corrected chi connectivity index (χ4v) is 1.57. The van der Waals surface area contributed by atoms with Gasteiger partial charge in [-0.1, -0.05) is 20.8 Å². The molecule has 0 aliphatic carbocycles. The molecule has 0 atom stereocenters. The van der Waals surface area contributed by atoms with Crippen LogP contribution in [-0.4, -0.2) is 16.4 Å². The molecule has 18 heavy (non-hydrogen) atoms. The predicted molar refractivity (Wildman–Crippen MR) is 74.9 cm³/mol. The summed E-state index contributed by atoms with van der Waals surface area (Å²) in [7, 11) is 0. The first kappa shape index (κ1) is 14.7. The quantitative estimate of drug-likeness (QED) is 0.829. The number of pyridine rings is 1. The van der Waals surface area contributed by atoms with E-state index in [9.17, 15) is 4.79 Å². The molecule has 1 heterocycles. The van der Waals surface area contributed by atoms with Crippen LogP contribution >= 0.6 is 0 Å². The van der Waals surface area contributed by atoms with Crippen LogP contribution in [0.15, 0.2) is 12.1 Å². The number of carbonyl (C=O) groups is 1. The summed E-state index contributed by atoms with van der Waals surface area (Å²) in [6, 6.07) is 3.87. The van der Waals surface area contributed by atoms with Crippen molar-refractivity contribution in [2.45, 2.75) is 59.4 Å². The van der Waals surface area contributed by atoms with Crippen molar-refractivity contribution >= 4 is 5.91 Å². The van der Waals surface area contributed by atoms with E-state index in [1.54, 1.807) is 0 Å². The highest BCUT2D eigenvalue weighted by Gasteiger charge is 2.20. The van der Waals surface area contributed by atoms with Crippen molar-refractivity contribution in [3.05, 3.63) is 29.1 Å². The van der Waals surface area contributed by atoms with E-state index in [1.165, 1.54) is 0 Å². The lowest BCUT2D eigenvalue weighted by atomic mass is 9.90. The van der Waals surface area contributed by atoms with Crippen LogP contribution in [0.3, 0.4) is 0 Å². The normalized spacial score (nSPS) is 12.4. The van der Waals surface area contributed by atoms with Gasteiger partial charge in [-0.25, -0.2) is 4.98 Å². The van der Waals surface area contributed by atoms with Crippen molar-refractivity contribution in [1.82, 2.24) is 10.3 Å². The van der Waals surface area contributed by atoms with Gasteiger partial charge in [0, 0.05) is 16.6 Å². The van der Waals surface area contributed by atoms with Gasteiger partial charge < -0.3 is 5.32 Å². The molecule has 0 saturated heterocycles. The van der Waals surface area contributed by atoms with Crippen molar-refractivity contribution in [3.63, 3.8) is 0 Å². The molecule has 1 aromatic rings. The average Bonchev–Trinajstić information content (AvgIpc) is 2.12. The Morgan fingerprint density at radius 2 is 1.67 bits per heavy atom. The van der Waals surface area contributed by atoms with Crippen LogP contribution in [0.2, 0.25) is 0 Å². The zero-order chi connectivity index (χ0) is 14.1. The minimum atomic E-state index is -0.246. The lowest BCUT2D eigenvalue weighted by molar-refractivity contribution is 0.0914. The maximum Gasteiger partial charge on any atom is 0.270 e. The highest BCUT2D eigenvalue weighted by atomic mass is 16.2. The summed E-state index contributed by atoms with van der Waals surface area (Å²) in [5.41, 5.74) is 2.21.